The molecule has 0 aliphatic carbocycles. The number of hydrogen-bond acceptors (Lipinski definition) is 2. The first-order valence-corrected chi connectivity index (χ1v) is 7.01. The highest BCUT2D eigenvalue weighted by Crippen LogP contribution is 2.35. The van der Waals surface area contributed by atoms with Crippen LogP contribution in [0.2, 0.25) is 0 Å². The molecule has 0 unspecified atom stereocenters. The molecule has 0 saturated carbocycles. The standard InChI is InChI=1S/C14H26N4/c1-5-8-11(9-6-2)13-12(7-3)17-18-14(13)16-10(4)15/h11H,5-9H2,1-4H3,(H3,15,16,17,18). The molecule has 18 heavy (non-hydrogen) atoms. The number of nitrogens with one attached hydrogen (secondary N) is 1. The summed E-state index contributed by atoms with van der Waals surface area (Å²) in [6.45, 7) is 8.41. The van der Waals surface area contributed by atoms with Gasteiger partial charge in [0.2, 0.25) is 0 Å². The number of nitrogens with zero attached hydrogens (tertiary/aromatic N) is 2. The number of aromatic nitrogens is 2. The van der Waals surface area contributed by atoms with Crippen molar-refractivity contribution >= 4 is 11.7 Å². The zero-order valence-corrected chi connectivity index (χ0v) is 12.1. The summed E-state index contributed by atoms with van der Waals surface area (Å²) in [5.74, 6) is 1.91. The van der Waals surface area contributed by atoms with Crippen LogP contribution >= 0.6 is 0 Å². The zero-order chi connectivity index (χ0) is 13.5. The van der Waals surface area contributed by atoms with Crippen molar-refractivity contribution < 1.29 is 0 Å². The fourth-order valence-corrected chi connectivity index (χ4v) is 2.46. The van der Waals surface area contributed by atoms with Gasteiger partial charge in [0.15, 0.2) is 5.82 Å². The fraction of sp³-hybridized carbons (Fsp3) is 0.714. The minimum Gasteiger partial charge on any atom is -0.387 e. The van der Waals surface area contributed by atoms with Crippen molar-refractivity contribution in [2.24, 2.45) is 10.7 Å². The molecule has 0 spiro atoms. The average Bonchev–Trinajstić information content (AvgIpc) is 2.70. The number of rotatable bonds is 7. The van der Waals surface area contributed by atoms with Gasteiger partial charge in [-0.15, -0.1) is 0 Å². The molecule has 102 valence electrons. The van der Waals surface area contributed by atoms with Crippen LogP contribution in [0.4, 0.5) is 5.82 Å². The number of aryl methyl sites for hydroxylation is 1. The van der Waals surface area contributed by atoms with Crippen LogP contribution in [-0.2, 0) is 6.42 Å². The Hall–Kier alpha value is -1.32. The second-order valence-corrected chi connectivity index (χ2v) is 4.82. The Labute approximate surface area is 110 Å². The van der Waals surface area contributed by atoms with Gasteiger partial charge in [-0.3, -0.25) is 5.10 Å². The van der Waals surface area contributed by atoms with Crippen molar-refractivity contribution in [1.29, 1.82) is 0 Å². The third kappa shape index (κ3) is 3.59. The summed E-state index contributed by atoms with van der Waals surface area (Å²) in [4.78, 5) is 4.37. The van der Waals surface area contributed by atoms with E-state index in [1.807, 2.05) is 0 Å². The molecule has 4 heteroatoms. The van der Waals surface area contributed by atoms with Gasteiger partial charge in [0.25, 0.3) is 0 Å². The first-order chi connectivity index (χ1) is 8.63. The first kappa shape index (κ1) is 14.7. The monoisotopic (exact) mass is 250 g/mol. The van der Waals surface area contributed by atoms with Gasteiger partial charge in [-0.1, -0.05) is 33.6 Å². The maximum absolute atomic E-state index is 5.69. The lowest BCUT2D eigenvalue weighted by atomic mass is 9.89. The molecule has 1 rings (SSSR count). The largest absolute Gasteiger partial charge is 0.387 e. The Morgan fingerprint density at radius 3 is 2.33 bits per heavy atom. The molecule has 0 fully saturated rings. The number of H-pyrrole nitrogens is 1. The van der Waals surface area contributed by atoms with E-state index in [0.29, 0.717) is 11.8 Å². The van der Waals surface area contributed by atoms with E-state index in [-0.39, 0.29) is 0 Å². The van der Waals surface area contributed by atoms with E-state index in [2.05, 4.69) is 36.0 Å². The Morgan fingerprint density at radius 2 is 1.89 bits per heavy atom. The summed E-state index contributed by atoms with van der Waals surface area (Å²) in [6, 6.07) is 0. The number of aromatic amines is 1. The molecular weight excluding hydrogens is 224 g/mol. The minimum atomic E-state index is 0.548. The highest BCUT2D eigenvalue weighted by Gasteiger charge is 2.20. The van der Waals surface area contributed by atoms with E-state index in [9.17, 15) is 0 Å². The van der Waals surface area contributed by atoms with Crippen molar-refractivity contribution in [3.63, 3.8) is 0 Å². The van der Waals surface area contributed by atoms with Crippen LogP contribution in [0.3, 0.4) is 0 Å². The van der Waals surface area contributed by atoms with Gasteiger partial charge in [0.1, 0.15) is 0 Å². The maximum atomic E-state index is 5.69. The number of aliphatic imine (C=N–C) groups is 1. The highest BCUT2D eigenvalue weighted by atomic mass is 15.2. The van der Waals surface area contributed by atoms with Gasteiger partial charge in [-0.05, 0) is 32.1 Å². The summed E-state index contributed by atoms with van der Waals surface area (Å²) >= 11 is 0. The smallest absolute Gasteiger partial charge is 0.179 e. The fourth-order valence-electron chi connectivity index (χ4n) is 2.46. The molecule has 0 saturated heterocycles. The summed E-state index contributed by atoms with van der Waals surface area (Å²) in [5.41, 5.74) is 8.18. The second kappa shape index (κ2) is 7.19. The molecule has 0 aromatic carbocycles. The van der Waals surface area contributed by atoms with Crippen molar-refractivity contribution in [3.05, 3.63) is 11.3 Å². The molecule has 1 heterocycles. The van der Waals surface area contributed by atoms with Crippen LogP contribution in [0.15, 0.2) is 4.99 Å². The van der Waals surface area contributed by atoms with Crippen LogP contribution in [0.5, 0.6) is 0 Å². The Balaban J connectivity index is 3.15. The van der Waals surface area contributed by atoms with Gasteiger partial charge >= 0.3 is 0 Å². The summed E-state index contributed by atoms with van der Waals surface area (Å²) in [6.07, 6.45) is 5.71. The number of amidine groups is 1. The topological polar surface area (TPSA) is 67.1 Å². The predicted octanol–water partition coefficient (Wildman–Crippen LogP) is 3.66. The van der Waals surface area contributed by atoms with Crippen molar-refractivity contribution in [2.75, 3.05) is 0 Å². The molecule has 1 aromatic heterocycles. The molecule has 1 aromatic rings. The minimum absolute atomic E-state index is 0.548. The van der Waals surface area contributed by atoms with Crippen LogP contribution in [0.1, 0.15) is 70.6 Å². The van der Waals surface area contributed by atoms with Gasteiger partial charge in [-0.25, -0.2) is 4.99 Å². The molecule has 0 radical (unpaired) electrons. The first-order valence-electron chi connectivity index (χ1n) is 7.01. The van der Waals surface area contributed by atoms with Gasteiger partial charge in [-0.2, -0.15) is 5.10 Å². The molecule has 0 atom stereocenters. The van der Waals surface area contributed by atoms with E-state index in [1.165, 1.54) is 36.9 Å². The van der Waals surface area contributed by atoms with E-state index in [0.717, 1.165) is 12.2 Å². The van der Waals surface area contributed by atoms with Crippen LogP contribution in [0, 0.1) is 0 Å². The van der Waals surface area contributed by atoms with E-state index < -0.39 is 0 Å². The normalized spacial score (nSPS) is 12.4. The van der Waals surface area contributed by atoms with Crippen molar-refractivity contribution in [2.45, 2.75) is 65.7 Å². The van der Waals surface area contributed by atoms with E-state index in [1.54, 1.807) is 6.92 Å². The van der Waals surface area contributed by atoms with Crippen LogP contribution in [0.25, 0.3) is 0 Å². The van der Waals surface area contributed by atoms with Crippen LogP contribution in [-0.4, -0.2) is 16.0 Å². The number of nitrogens with two attached hydrogens (primary N) is 1. The summed E-state index contributed by atoms with van der Waals surface area (Å²) in [7, 11) is 0. The second-order valence-electron chi connectivity index (χ2n) is 4.82. The van der Waals surface area contributed by atoms with Gasteiger partial charge in [0, 0.05) is 11.3 Å². The quantitative estimate of drug-likeness (QED) is 0.573. The molecule has 0 bridgehead atoms. The predicted molar refractivity (Wildman–Crippen MR) is 77.5 cm³/mol. The Morgan fingerprint density at radius 1 is 1.28 bits per heavy atom. The lowest BCUT2D eigenvalue weighted by Crippen LogP contribution is -2.06. The summed E-state index contributed by atoms with van der Waals surface area (Å²) < 4.78 is 0. The summed E-state index contributed by atoms with van der Waals surface area (Å²) in [5, 5.41) is 7.43. The maximum Gasteiger partial charge on any atom is 0.179 e. The van der Waals surface area contributed by atoms with Crippen molar-refractivity contribution in [1.82, 2.24) is 10.2 Å². The highest BCUT2D eigenvalue weighted by molar-refractivity contribution is 5.80. The van der Waals surface area contributed by atoms with Gasteiger partial charge in [0.05, 0.1) is 5.84 Å². The molecule has 4 nitrogen and oxygen atoms in total. The lowest BCUT2D eigenvalue weighted by Gasteiger charge is -2.16. The van der Waals surface area contributed by atoms with Gasteiger partial charge < -0.3 is 5.73 Å². The SMILES string of the molecule is CCCC(CCC)c1c(N=C(C)N)n[nH]c1CC. The Kier molecular flexibility index (Phi) is 5.89. The van der Waals surface area contributed by atoms with E-state index >= 15 is 0 Å². The molecular formula is C14H26N4. The van der Waals surface area contributed by atoms with Crippen molar-refractivity contribution in [3.8, 4) is 0 Å². The van der Waals surface area contributed by atoms with E-state index in [4.69, 9.17) is 5.73 Å². The third-order valence-corrected chi connectivity index (χ3v) is 3.18. The molecule has 0 aliphatic heterocycles. The lowest BCUT2D eigenvalue weighted by molar-refractivity contribution is 0.558. The third-order valence-electron chi connectivity index (χ3n) is 3.18. The number of hydrogen-bond donors (Lipinski definition) is 2. The van der Waals surface area contributed by atoms with Crippen LogP contribution < -0.4 is 5.73 Å². The zero-order valence-electron chi connectivity index (χ0n) is 12.1. The molecule has 3 N–H and O–H groups in total. The molecule has 0 aliphatic rings. The Bertz CT molecular complexity index is 382. The average molecular weight is 250 g/mol. The molecule has 0 amide bonds.